The lowest BCUT2D eigenvalue weighted by atomic mass is 10.2. The van der Waals surface area contributed by atoms with E-state index in [2.05, 4.69) is 25.8 Å². The van der Waals surface area contributed by atoms with Crippen molar-refractivity contribution in [2.75, 3.05) is 33.8 Å². The maximum atomic E-state index is 6.19. The molecule has 4 N–H and O–H groups in total. The lowest BCUT2D eigenvalue weighted by Gasteiger charge is -2.13. The smallest absolute Gasteiger partial charge is 0.154 e. The van der Waals surface area contributed by atoms with Gasteiger partial charge in [-0.15, -0.1) is 0 Å². The van der Waals surface area contributed by atoms with Crippen LogP contribution in [0.2, 0.25) is 0 Å². The molecule has 1 heterocycles. The minimum absolute atomic E-state index is 0.213. The third kappa shape index (κ3) is 6.03. The molecule has 10 heteroatoms. The number of nitrogens with one attached hydrogen (secondary N) is 2. The number of hydrazone groups is 1. The molecule has 0 spiro atoms. The van der Waals surface area contributed by atoms with Crippen LogP contribution < -0.4 is 35.4 Å². The quantitative estimate of drug-likeness (QED) is 0.244. The molecule has 0 aliphatic rings. The molecule has 10 nitrogen and oxygen atoms in total. The summed E-state index contributed by atoms with van der Waals surface area (Å²) in [6.45, 7) is 0. The highest BCUT2D eigenvalue weighted by Gasteiger charge is 2.10. The average molecular weight is 450 g/mol. The second-order valence-electron chi connectivity index (χ2n) is 6.55. The van der Waals surface area contributed by atoms with Crippen molar-refractivity contribution in [3.63, 3.8) is 0 Å². The Morgan fingerprint density at radius 3 is 2.30 bits per heavy atom. The SMILES string of the molecule is COc1cc(Nc2ncccc2/C(N)=N/NC=Nc2cc(OC)ccc2OC)cc(OC)c1. The minimum Gasteiger partial charge on any atom is -0.497 e. The second-order valence-corrected chi connectivity index (χ2v) is 6.55. The summed E-state index contributed by atoms with van der Waals surface area (Å²) in [7, 11) is 6.33. The Morgan fingerprint density at radius 2 is 1.64 bits per heavy atom. The van der Waals surface area contributed by atoms with Crippen LogP contribution in [0.4, 0.5) is 17.2 Å². The number of methoxy groups -OCH3 is 4. The molecule has 0 bridgehead atoms. The topological polar surface area (TPSA) is 125 Å². The van der Waals surface area contributed by atoms with E-state index in [9.17, 15) is 0 Å². The van der Waals surface area contributed by atoms with Crippen LogP contribution in [0.15, 0.2) is 64.8 Å². The molecular weight excluding hydrogens is 424 g/mol. The number of aliphatic imine (C=N–C) groups is 1. The van der Waals surface area contributed by atoms with E-state index in [4.69, 9.17) is 24.7 Å². The first kappa shape index (κ1) is 23.2. The van der Waals surface area contributed by atoms with Crippen LogP contribution in [-0.2, 0) is 0 Å². The van der Waals surface area contributed by atoms with Gasteiger partial charge in [0.1, 0.15) is 40.8 Å². The van der Waals surface area contributed by atoms with E-state index in [-0.39, 0.29) is 5.84 Å². The monoisotopic (exact) mass is 450 g/mol. The van der Waals surface area contributed by atoms with Crippen molar-refractivity contribution in [1.82, 2.24) is 10.4 Å². The van der Waals surface area contributed by atoms with E-state index in [1.165, 1.54) is 6.34 Å². The third-order valence-corrected chi connectivity index (χ3v) is 4.53. The highest BCUT2D eigenvalue weighted by atomic mass is 16.5. The number of aromatic nitrogens is 1. The maximum absolute atomic E-state index is 6.19. The standard InChI is InChI=1S/C23H26N6O4/c1-30-16-7-8-21(33-4)20(13-16)26-14-27-29-22(24)19-6-5-9-25-23(19)28-15-10-17(31-2)12-18(11-15)32-3/h5-14H,1-4H3,(H2,24,29)(H,25,28)(H,26,27). The van der Waals surface area contributed by atoms with Gasteiger partial charge in [-0.1, -0.05) is 0 Å². The Bertz CT molecular complexity index is 1130. The Balaban J connectivity index is 1.78. The number of nitrogens with two attached hydrogens (primary N) is 1. The molecule has 0 aliphatic carbocycles. The third-order valence-electron chi connectivity index (χ3n) is 4.53. The molecular formula is C23H26N6O4. The lowest BCUT2D eigenvalue weighted by molar-refractivity contribution is 0.395. The number of anilines is 2. The van der Waals surface area contributed by atoms with Crippen molar-refractivity contribution in [1.29, 1.82) is 0 Å². The van der Waals surface area contributed by atoms with Gasteiger partial charge in [0.15, 0.2) is 5.84 Å². The molecule has 1 aromatic heterocycles. The zero-order valence-electron chi connectivity index (χ0n) is 18.8. The van der Waals surface area contributed by atoms with Gasteiger partial charge in [-0.2, -0.15) is 5.10 Å². The first-order chi connectivity index (χ1) is 16.1. The minimum atomic E-state index is 0.213. The summed E-state index contributed by atoms with van der Waals surface area (Å²) in [6.07, 6.45) is 3.06. The van der Waals surface area contributed by atoms with E-state index in [0.717, 1.165) is 5.69 Å². The summed E-state index contributed by atoms with van der Waals surface area (Å²) in [5.41, 5.74) is 10.8. The molecule has 33 heavy (non-hydrogen) atoms. The van der Waals surface area contributed by atoms with E-state index < -0.39 is 0 Å². The maximum Gasteiger partial charge on any atom is 0.154 e. The predicted octanol–water partition coefficient (Wildman–Crippen LogP) is 3.43. The van der Waals surface area contributed by atoms with Gasteiger partial charge in [0.25, 0.3) is 0 Å². The molecule has 0 atom stereocenters. The first-order valence-electron chi connectivity index (χ1n) is 9.86. The molecule has 3 rings (SSSR count). The molecule has 0 amide bonds. The molecule has 2 aromatic carbocycles. The van der Waals surface area contributed by atoms with Gasteiger partial charge in [-0.25, -0.2) is 9.98 Å². The average Bonchev–Trinajstić information content (AvgIpc) is 2.86. The number of nitrogens with zero attached hydrogens (tertiary/aromatic N) is 3. The summed E-state index contributed by atoms with van der Waals surface area (Å²) in [5.74, 6) is 3.26. The van der Waals surface area contributed by atoms with Gasteiger partial charge in [0.05, 0.1) is 34.0 Å². The Labute approximate surface area is 192 Å². The number of rotatable bonds is 10. The van der Waals surface area contributed by atoms with Crippen LogP contribution in [-0.4, -0.2) is 45.6 Å². The molecule has 3 aromatic rings. The summed E-state index contributed by atoms with van der Waals surface area (Å²) in [6, 6.07) is 14.3. The van der Waals surface area contributed by atoms with Gasteiger partial charge in [-0.3, -0.25) is 5.43 Å². The summed E-state index contributed by atoms with van der Waals surface area (Å²) >= 11 is 0. The zero-order valence-corrected chi connectivity index (χ0v) is 18.8. The van der Waals surface area contributed by atoms with Crippen molar-refractivity contribution in [3.8, 4) is 23.0 Å². The Morgan fingerprint density at radius 1 is 0.909 bits per heavy atom. The summed E-state index contributed by atoms with van der Waals surface area (Å²) in [4.78, 5) is 8.70. The number of pyridine rings is 1. The molecule has 0 radical (unpaired) electrons. The van der Waals surface area contributed by atoms with Gasteiger partial charge in [-0.05, 0) is 24.3 Å². The van der Waals surface area contributed by atoms with Crippen LogP contribution in [0.1, 0.15) is 5.56 Å². The molecule has 0 fully saturated rings. The molecule has 0 aliphatic heterocycles. The van der Waals surface area contributed by atoms with Crippen LogP contribution in [0.5, 0.6) is 23.0 Å². The van der Waals surface area contributed by atoms with Crippen LogP contribution in [0, 0.1) is 0 Å². The zero-order chi connectivity index (χ0) is 23.6. The highest BCUT2D eigenvalue weighted by Crippen LogP contribution is 2.31. The van der Waals surface area contributed by atoms with Gasteiger partial charge < -0.3 is 30.0 Å². The summed E-state index contributed by atoms with van der Waals surface area (Å²) < 4.78 is 21.2. The van der Waals surface area contributed by atoms with Crippen molar-refractivity contribution < 1.29 is 18.9 Å². The highest BCUT2D eigenvalue weighted by molar-refractivity contribution is 6.02. The summed E-state index contributed by atoms with van der Waals surface area (Å²) in [5, 5.41) is 7.39. The van der Waals surface area contributed by atoms with Gasteiger partial charge in [0.2, 0.25) is 0 Å². The van der Waals surface area contributed by atoms with Crippen LogP contribution in [0.3, 0.4) is 0 Å². The largest absolute Gasteiger partial charge is 0.497 e. The van der Waals surface area contributed by atoms with E-state index in [0.29, 0.717) is 40.1 Å². The van der Waals surface area contributed by atoms with Crippen LogP contribution in [0.25, 0.3) is 0 Å². The first-order valence-corrected chi connectivity index (χ1v) is 9.86. The number of ether oxygens (including phenoxy) is 4. The van der Waals surface area contributed by atoms with Crippen LogP contribution >= 0.6 is 0 Å². The van der Waals surface area contributed by atoms with Crippen molar-refractivity contribution in [2.24, 2.45) is 15.8 Å². The Kier molecular flexibility index (Phi) is 7.90. The van der Waals surface area contributed by atoms with E-state index >= 15 is 0 Å². The fraction of sp³-hybridized carbons (Fsp3) is 0.174. The number of benzene rings is 2. The fourth-order valence-corrected chi connectivity index (χ4v) is 2.88. The number of hydrogen-bond donors (Lipinski definition) is 3. The van der Waals surface area contributed by atoms with Crippen molar-refractivity contribution in [2.45, 2.75) is 0 Å². The normalized spacial score (nSPS) is 11.2. The molecule has 0 saturated heterocycles. The van der Waals surface area contributed by atoms with E-state index in [1.54, 1.807) is 71.0 Å². The van der Waals surface area contributed by atoms with Gasteiger partial charge >= 0.3 is 0 Å². The fourth-order valence-electron chi connectivity index (χ4n) is 2.88. The molecule has 0 unspecified atom stereocenters. The number of amidine groups is 1. The van der Waals surface area contributed by atoms with Crippen molar-refractivity contribution in [3.05, 3.63) is 60.3 Å². The van der Waals surface area contributed by atoms with E-state index in [1.807, 2.05) is 12.1 Å². The molecule has 0 saturated carbocycles. The molecule has 172 valence electrons. The predicted molar refractivity (Wildman–Crippen MR) is 129 cm³/mol. The lowest BCUT2D eigenvalue weighted by Crippen LogP contribution is -2.20. The second kappa shape index (κ2) is 11.2. The Hall–Kier alpha value is -4.47. The number of hydrogen-bond acceptors (Lipinski definition) is 8. The van der Waals surface area contributed by atoms with Gasteiger partial charge in [0, 0.05) is 36.1 Å². The van der Waals surface area contributed by atoms with Crippen molar-refractivity contribution >= 4 is 29.4 Å².